The molecule has 0 fully saturated rings. The quantitative estimate of drug-likeness (QED) is 0.841. The number of ether oxygens (including phenoxy) is 1. The highest BCUT2D eigenvalue weighted by Gasteiger charge is 2.27. The molecule has 21 heavy (non-hydrogen) atoms. The molecule has 0 aliphatic heterocycles. The standard InChI is InChI=1S/C15H22F3NO2/c1-11-6-12(2)8-14(7-11)21-10-13(20)9-19(3)5-4-15(16,17)18/h6-8,13,20H,4-5,9-10H2,1-3H3. The first-order valence-electron chi connectivity index (χ1n) is 6.80. The highest BCUT2D eigenvalue weighted by atomic mass is 19.4. The molecular weight excluding hydrogens is 283 g/mol. The fraction of sp³-hybridized carbons (Fsp3) is 0.600. The van der Waals surface area contributed by atoms with Gasteiger partial charge in [0.05, 0.1) is 6.42 Å². The van der Waals surface area contributed by atoms with Crippen LogP contribution in [0.1, 0.15) is 17.5 Å². The number of aryl methyl sites for hydroxylation is 2. The largest absolute Gasteiger partial charge is 0.491 e. The lowest BCUT2D eigenvalue weighted by Crippen LogP contribution is -2.35. The van der Waals surface area contributed by atoms with Crippen molar-refractivity contribution in [3.8, 4) is 5.75 Å². The number of aliphatic hydroxyl groups is 1. The summed E-state index contributed by atoms with van der Waals surface area (Å²) in [5.41, 5.74) is 2.11. The zero-order valence-corrected chi connectivity index (χ0v) is 12.6. The van der Waals surface area contributed by atoms with Crippen LogP contribution in [0.5, 0.6) is 5.75 Å². The molecule has 0 spiro atoms. The van der Waals surface area contributed by atoms with Gasteiger partial charge in [-0.2, -0.15) is 13.2 Å². The van der Waals surface area contributed by atoms with Crippen molar-refractivity contribution in [2.24, 2.45) is 0 Å². The predicted octanol–water partition coefficient (Wildman–Crippen LogP) is 2.93. The van der Waals surface area contributed by atoms with Gasteiger partial charge < -0.3 is 14.7 Å². The number of rotatable bonds is 7. The van der Waals surface area contributed by atoms with Crippen LogP contribution in [0.3, 0.4) is 0 Å². The third-order valence-electron chi connectivity index (χ3n) is 2.94. The molecule has 6 heteroatoms. The van der Waals surface area contributed by atoms with E-state index >= 15 is 0 Å². The van der Waals surface area contributed by atoms with E-state index in [4.69, 9.17) is 4.74 Å². The molecule has 1 aromatic rings. The molecule has 1 unspecified atom stereocenters. The summed E-state index contributed by atoms with van der Waals surface area (Å²) in [5, 5.41) is 9.80. The zero-order chi connectivity index (χ0) is 16.0. The predicted molar refractivity (Wildman–Crippen MR) is 75.6 cm³/mol. The lowest BCUT2D eigenvalue weighted by Gasteiger charge is -2.21. The number of alkyl halides is 3. The fourth-order valence-corrected chi connectivity index (χ4v) is 2.03. The maximum absolute atomic E-state index is 12.1. The molecule has 0 heterocycles. The number of likely N-dealkylation sites (N-methyl/N-ethyl adjacent to an activating group) is 1. The zero-order valence-electron chi connectivity index (χ0n) is 12.6. The maximum atomic E-state index is 12.1. The molecule has 120 valence electrons. The summed E-state index contributed by atoms with van der Waals surface area (Å²) in [4.78, 5) is 1.45. The minimum absolute atomic E-state index is 0.0548. The molecule has 1 atom stereocenters. The van der Waals surface area contributed by atoms with Crippen molar-refractivity contribution in [1.82, 2.24) is 4.90 Å². The van der Waals surface area contributed by atoms with Crippen molar-refractivity contribution in [2.75, 3.05) is 26.7 Å². The van der Waals surface area contributed by atoms with Crippen LogP contribution < -0.4 is 4.74 Å². The molecule has 1 aromatic carbocycles. The molecule has 1 N–H and O–H groups in total. The Morgan fingerprint density at radius 3 is 2.29 bits per heavy atom. The summed E-state index contributed by atoms with van der Waals surface area (Å²) in [6, 6.07) is 5.72. The van der Waals surface area contributed by atoms with E-state index in [1.807, 2.05) is 32.0 Å². The van der Waals surface area contributed by atoms with E-state index in [1.54, 1.807) is 7.05 Å². The van der Waals surface area contributed by atoms with Crippen LogP contribution in [0, 0.1) is 13.8 Å². The van der Waals surface area contributed by atoms with E-state index in [9.17, 15) is 18.3 Å². The first-order chi connectivity index (χ1) is 9.65. The third-order valence-corrected chi connectivity index (χ3v) is 2.94. The molecule has 3 nitrogen and oxygen atoms in total. The second kappa shape index (κ2) is 7.66. The van der Waals surface area contributed by atoms with Gasteiger partial charge in [-0.15, -0.1) is 0 Å². The first-order valence-corrected chi connectivity index (χ1v) is 6.80. The van der Waals surface area contributed by atoms with Gasteiger partial charge in [0.1, 0.15) is 18.5 Å². The molecule has 0 bridgehead atoms. The van der Waals surface area contributed by atoms with Crippen molar-refractivity contribution in [2.45, 2.75) is 32.5 Å². The van der Waals surface area contributed by atoms with Gasteiger partial charge in [-0.1, -0.05) is 6.07 Å². The highest BCUT2D eigenvalue weighted by molar-refractivity contribution is 5.32. The molecule has 0 aliphatic rings. The number of halogens is 3. The van der Waals surface area contributed by atoms with Gasteiger partial charge in [-0.3, -0.25) is 0 Å². The summed E-state index contributed by atoms with van der Waals surface area (Å²) in [7, 11) is 1.55. The highest BCUT2D eigenvalue weighted by Crippen LogP contribution is 2.19. The van der Waals surface area contributed by atoms with E-state index in [0.717, 1.165) is 11.1 Å². The molecular formula is C15H22F3NO2. The summed E-state index contributed by atoms with van der Waals surface area (Å²) in [5.74, 6) is 0.657. The monoisotopic (exact) mass is 305 g/mol. The Balaban J connectivity index is 2.34. The van der Waals surface area contributed by atoms with Crippen LogP contribution in [0.2, 0.25) is 0 Å². The Morgan fingerprint density at radius 2 is 1.76 bits per heavy atom. The van der Waals surface area contributed by atoms with Gasteiger partial charge in [-0.05, 0) is 44.2 Å². The van der Waals surface area contributed by atoms with Crippen molar-refractivity contribution in [3.05, 3.63) is 29.3 Å². The lowest BCUT2D eigenvalue weighted by atomic mass is 10.1. The average Bonchev–Trinajstić information content (AvgIpc) is 2.32. The topological polar surface area (TPSA) is 32.7 Å². The van der Waals surface area contributed by atoms with Crippen LogP contribution in [0.25, 0.3) is 0 Å². The second-order valence-corrected chi connectivity index (χ2v) is 5.42. The van der Waals surface area contributed by atoms with E-state index in [1.165, 1.54) is 4.90 Å². The van der Waals surface area contributed by atoms with Crippen molar-refractivity contribution < 1.29 is 23.0 Å². The van der Waals surface area contributed by atoms with E-state index in [0.29, 0.717) is 5.75 Å². The van der Waals surface area contributed by atoms with E-state index in [-0.39, 0.29) is 19.7 Å². The Bertz CT molecular complexity index is 429. The van der Waals surface area contributed by atoms with E-state index < -0.39 is 18.7 Å². The Kier molecular flexibility index (Phi) is 6.48. The minimum Gasteiger partial charge on any atom is -0.491 e. The minimum atomic E-state index is -4.17. The maximum Gasteiger partial charge on any atom is 0.390 e. The van der Waals surface area contributed by atoms with Crippen molar-refractivity contribution >= 4 is 0 Å². The van der Waals surface area contributed by atoms with Crippen molar-refractivity contribution in [1.29, 1.82) is 0 Å². The lowest BCUT2D eigenvalue weighted by molar-refractivity contribution is -0.138. The number of hydrogen-bond donors (Lipinski definition) is 1. The van der Waals surface area contributed by atoms with Crippen molar-refractivity contribution in [3.63, 3.8) is 0 Å². The summed E-state index contributed by atoms with van der Waals surface area (Å²) < 4.78 is 41.7. The molecule has 0 aliphatic carbocycles. The number of nitrogens with zero attached hydrogens (tertiary/aromatic N) is 1. The fourth-order valence-electron chi connectivity index (χ4n) is 2.03. The van der Waals surface area contributed by atoms with Crippen LogP contribution in [-0.4, -0.2) is 49.0 Å². The first kappa shape index (κ1) is 17.8. The molecule has 0 radical (unpaired) electrons. The van der Waals surface area contributed by atoms with Crippen LogP contribution in [-0.2, 0) is 0 Å². The van der Waals surface area contributed by atoms with Gasteiger partial charge in [0.2, 0.25) is 0 Å². The molecule has 0 saturated heterocycles. The summed E-state index contributed by atoms with van der Waals surface area (Å²) >= 11 is 0. The number of benzene rings is 1. The Morgan fingerprint density at radius 1 is 1.19 bits per heavy atom. The SMILES string of the molecule is Cc1cc(C)cc(OCC(O)CN(C)CCC(F)(F)F)c1. The third kappa shape index (κ3) is 7.92. The van der Waals surface area contributed by atoms with Crippen LogP contribution >= 0.6 is 0 Å². The van der Waals surface area contributed by atoms with Gasteiger partial charge in [-0.25, -0.2) is 0 Å². The summed E-state index contributed by atoms with van der Waals surface area (Å²) in [6.45, 7) is 3.95. The van der Waals surface area contributed by atoms with Crippen LogP contribution in [0.15, 0.2) is 18.2 Å². The van der Waals surface area contributed by atoms with E-state index in [2.05, 4.69) is 0 Å². The van der Waals surface area contributed by atoms with Gasteiger partial charge >= 0.3 is 6.18 Å². The Labute approximate surface area is 123 Å². The Hall–Kier alpha value is -1.27. The van der Waals surface area contributed by atoms with Gasteiger partial charge in [0.25, 0.3) is 0 Å². The summed E-state index contributed by atoms with van der Waals surface area (Å²) in [6.07, 6.45) is -5.88. The van der Waals surface area contributed by atoms with Gasteiger partial charge in [0.15, 0.2) is 0 Å². The second-order valence-electron chi connectivity index (χ2n) is 5.42. The van der Waals surface area contributed by atoms with Gasteiger partial charge in [0, 0.05) is 13.1 Å². The molecule has 1 rings (SSSR count). The number of aliphatic hydroxyl groups excluding tert-OH is 1. The molecule has 0 saturated carbocycles. The normalized spacial score (nSPS) is 13.5. The average molecular weight is 305 g/mol. The number of hydrogen-bond acceptors (Lipinski definition) is 3. The van der Waals surface area contributed by atoms with Crippen LogP contribution in [0.4, 0.5) is 13.2 Å². The smallest absolute Gasteiger partial charge is 0.390 e. The molecule has 0 amide bonds. The molecule has 0 aromatic heterocycles.